The van der Waals surface area contributed by atoms with Gasteiger partial charge in [-0.2, -0.15) is 5.10 Å². The van der Waals surface area contributed by atoms with E-state index in [0.717, 1.165) is 11.3 Å². The Bertz CT molecular complexity index is 905. The van der Waals surface area contributed by atoms with Crippen LogP contribution in [0, 0.1) is 5.82 Å². The summed E-state index contributed by atoms with van der Waals surface area (Å²) < 4.78 is 18.1. The molecular weight excluding hydrogens is 361 g/mol. The van der Waals surface area contributed by atoms with Crippen LogP contribution in [0.2, 0.25) is 0 Å². The number of amides is 2. The van der Waals surface area contributed by atoms with Crippen molar-refractivity contribution in [2.45, 2.75) is 32.7 Å². The monoisotopic (exact) mass is 383 g/mol. The zero-order valence-electron chi connectivity index (χ0n) is 16.0. The Hall–Kier alpha value is -3.22. The van der Waals surface area contributed by atoms with Crippen molar-refractivity contribution in [3.05, 3.63) is 65.5 Å². The van der Waals surface area contributed by atoms with Crippen LogP contribution in [-0.2, 0) is 4.74 Å². The number of halogens is 1. The fraction of sp³-hybridized carbons (Fsp3) is 0.286. The lowest BCUT2D eigenvalue weighted by Gasteiger charge is -2.28. The topological polar surface area (TPSA) is 71.0 Å². The molecule has 0 radical (unpaired) electrons. The minimum atomic E-state index is -0.529. The van der Waals surface area contributed by atoms with E-state index in [1.54, 1.807) is 43.3 Å². The molecule has 0 saturated heterocycles. The normalized spacial score (nSPS) is 15.1. The number of rotatable bonds is 4. The lowest BCUT2D eigenvalue weighted by atomic mass is 9.95. The number of urea groups is 1. The first kappa shape index (κ1) is 19.5. The van der Waals surface area contributed by atoms with E-state index < -0.39 is 11.5 Å². The van der Waals surface area contributed by atoms with E-state index in [1.807, 2.05) is 13.8 Å². The SMILES string of the molecule is CCOC(=O)c1ccc(NC(=O)N2N=C(c3ccc(F)cc3)CC2(C)C)cc1. The van der Waals surface area contributed by atoms with Gasteiger partial charge in [0.2, 0.25) is 0 Å². The Kier molecular flexibility index (Phi) is 5.44. The van der Waals surface area contributed by atoms with Crippen molar-refractivity contribution >= 4 is 23.4 Å². The molecule has 0 atom stereocenters. The summed E-state index contributed by atoms with van der Waals surface area (Å²) in [4.78, 5) is 24.4. The van der Waals surface area contributed by atoms with Crippen LogP contribution < -0.4 is 5.32 Å². The molecule has 2 aromatic carbocycles. The fourth-order valence-electron chi connectivity index (χ4n) is 2.98. The smallest absolute Gasteiger partial charge is 0.342 e. The first-order chi connectivity index (χ1) is 13.3. The van der Waals surface area contributed by atoms with Crippen molar-refractivity contribution in [1.29, 1.82) is 0 Å². The van der Waals surface area contributed by atoms with Crippen LogP contribution in [0.25, 0.3) is 0 Å². The molecule has 2 aromatic rings. The summed E-state index contributed by atoms with van der Waals surface area (Å²) in [6, 6.07) is 12.1. The quantitative estimate of drug-likeness (QED) is 0.795. The number of ether oxygens (including phenoxy) is 1. The number of hydrogen-bond acceptors (Lipinski definition) is 4. The van der Waals surface area contributed by atoms with Crippen LogP contribution in [0.1, 0.15) is 43.1 Å². The molecule has 0 aromatic heterocycles. The van der Waals surface area contributed by atoms with Gasteiger partial charge in [0.05, 0.1) is 23.4 Å². The van der Waals surface area contributed by atoms with Gasteiger partial charge in [-0.25, -0.2) is 19.0 Å². The molecule has 2 amide bonds. The molecule has 7 heteroatoms. The lowest BCUT2D eigenvalue weighted by Crippen LogP contribution is -2.43. The van der Waals surface area contributed by atoms with Gasteiger partial charge in [-0.15, -0.1) is 0 Å². The molecule has 3 rings (SSSR count). The summed E-state index contributed by atoms with van der Waals surface area (Å²) in [5.41, 5.74) is 1.93. The van der Waals surface area contributed by atoms with E-state index in [-0.39, 0.29) is 11.8 Å². The Morgan fingerprint density at radius 1 is 1.14 bits per heavy atom. The van der Waals surface area contributed by atoms with Crippen LogP contribution in [0.4, 0.5) is 14.9 Å². The predicted molar refractivity (Wildman–Crippen MR) is 105 cm³/mol. The van der Waals surface area contributed by atoms with Gasteiger partial charge >= 0.3 is 12.0 Å². The molecule has 0 spiro atoms. The zero-order chi connectivity index (χ0) is 20.3. The second-order valence-corrected chi connectivity index (χ2v) is 7.08. The maximum absolute atomic E-state index is 13.2. The number of hydrogen-bond donors (Lipinski definition) is 1. The number of hydrazone groups is 1. The third-order valence-corrected chi connectivity index (χ3v) is 4.41. The van der Waals surface area contributed by atoms with Crippen LogP contribution in [0.3, 0.4) is 0 Å². The summed E-state index contributed by atoms with van der Waals surface area (Å²) in [6.07, 6.45) is 0.549. The molecule has 6 nitrogen and oxygen atoms in total. The number of esters is 1. The van der Waals surface area contributed by atoms with Gasteiger partial charge in [0.1, 0.15) is 5.82 Å². The summed E-state index contributed by atoms with van der Waals surface area (Å²) in [5.74, 6) is -0.725. The molecule has 0 aliphatic carbocycles. The van der Waals surface area contributed by atoms with Crippen LogP contribution >= 0.6 is 0 Å². The molecule has 146 valence electrons. The summed E-state index contributed by atoms with van der Waals surface area (Å²) >= 11 is 0. The van der Waals surface area contributed by atoms with Gasteiger partial charge in [0.15, 0.2) is 0 Å². The Labute approximate surface area is 163 Å². The van der Waals surface area contributed by atoms with Crippen molar-refractivity contribution in [3.8, 4) is 0 Å². The van der Waals surface area contributed by atoms with Gasteiger partial charge < -0.3 is 10.1 Å². The Morgan fingerprint density at radius 2 is 1.79 bits per heavy atom. The van der Waals surface area contributed by atoms with Crippen molar-refractivity contribution in [2.24, 2.45) is 5.10 Å². The molecule has 1 aliphatic heterocycles. The molecule has 28 heavy (non-hydrogen) atoms. The molecular formula is C21H22FN3O3. The summed E-state index contributed by atoms with van der Waals surface area (Å²) in [5, 5.41) is 8.63. The van der Waals surface area contributed by atoms with Crippen molar-refractivity contribution in [2.75, 3.05) is 11.9 Å². The van der Waals surface area contributed by atoms with Crippen LogP contribution in [0.5, 0.6) is 0 Å². The van der Waals surface area contributed by atoms with Gasteiger partial charge in [-0.05, 0) is 62.7 Å². The molecule has 1 heterocycles. The van der Waals surface area contributed by atoms with Crippen LogP contribution in [0.15, 0.2) is 53.6 Å². The Balaban J connectivity index is 1.74. The number of carbonyl (C=O) groups excluding carboxylic acids is 2. The van der Waals surface area contributed by atoms with Gasteiger partial charge in [0, 0.05) is 12.1 Å². The lowest BCUT2D eigenvalue weighted by molar-refractivity contribution is 0.0526. The van der Waals surface area contributed by atoms with Gasteiger partial charge in [0.25, 0.3) is 0 Å². The van der Waals surface area contributed by atoms with Crippen molar-refractivity contribution in [1.82, 2.24) is 5.01 Å². The second-order valence-electron chi connectivity index (χ2n) is 7.08. The van der Waals surface area contributed by atoms with E-state index in [9.17, 15) is 14.0 Å². The third kappa shape index (κ3) is 4.19. The van der Waals surface area contributed by atoms with E-state index in [0.29, 0.717) is 24.3 Å². The molecule has 0 fully saturated rings. The number of anilines is 1. The summed E-state index contributed by atoms with van der Waals surface area (Å²) in [7, 11) is 0. The highest BCUT2D eigenvalue weighted by molar-refractivity contribution is 6.04. The van der Waals surface area contributed by atoms with Crippen molar-refractivity contribution < 1.29 is 18.7 Å². The van der Waals surface area contributed by atoms with Gasteiger partial charge in [-0.3, -0.25) is 0 Å². The largest absolute Gasteiger partial charge is 0.462 e. The number of benzene rings is 2. The average Bonchev–Trinajstić information content (AvgIpc) is 2.98. The van der Waals surface area contributed by atoms with E-state index in [1.165, 1.54) is 17.1 Å². The Morgan fingerprint density at radius 3 is 2.39 bits per heavy atom. The molecule has 1 aliphatic rings. The predicted octanol–water partition coefficient (Wildman–Crippen LogP) is 4.42. The molecule has 1 N–H and O–H groups in total. The van der Waals surface area contributed by atoms with E-state index >= 15 is 0 Å². The maximum Gasteiger partial charge on any atom is 0.342 e. The third-order valence-electron chi connectivity index (χ3n) is 4.41. The van der Waals surface area contributed by atoms with Gasteiger partial charge in [-0.1, -0.05) is 12.1 Å². The van der Waals surface area contributed by atoms with E-state index in [2.05, 4.69) is 10.4 Å². The van der Waals surface area contributed by atoms with Crippen molar-refractivity contribution in [3.63, 3.8) is 0 Å². The standard InChI is InChI=1S/C21H22FN3O3/c1-4-28-19(26)15-7-11-17(12-8-15)23-20(27)25-21(2,3)13-18(24-25)14-5-9-16(22)10-6-14/h5-12H,4,13H2,1-3H3,(H,23,27). The minimum Gasteiger partial charge on any atom is -0.462 e. The first-order valence-corrected chi connectivity index (χ1v) is 9.02. The number of nitrogens with zero attached hydrogens (tertiary/aromatic N) is 2. The summed E-state index contributed by atoms with van der Waals surface area (Å²) in [6.45, 7) is 5.87. The fourth-order valence-corrected chi connectivity index (χ4v) is 2.98. The highest BCUT2D eigenvalue weighted by Crippen LogP contribution is 2.30. The zero-order valence-corrected chi connectivity index (χ0v) is 16.0. The first-order valence-electron chi connectivity index (χ1n) is 9.02. The van der Waals surface area contributed by atoms with Crippen LogP contribution in [-0.4, -0.2) is 34.9 Å². The highest BCUT2D eigenvalue weighted by atomic mass is 19.1. The molecule has 0 saturated carbocycles. The highest BCUT2D eigenvalue weighted by Gasteiger charge is 2.38. The molecule has 0 bridgehead atoms. The number of carbonyl (C=O) groups is 2. The second kappa shape index (κ2) is 7.80. The van der Waals surface area contributed by atoms with E-state index in [4.69, 9.17) is 4.74 Å². The minimum absolute atomic E-state index is 0.301. The average molecular weight is 383 g/mol. The number of nitrogens with one attached hydrogen (secondary N) is 1. The maximum atomic E-state index is 13.2. The molecule has 0 unspecified atom stereocenters.